The molecule has 0 aliphatic carbocycles. The number of benzene rings is 1. The summed E-state index contributed by atoms with van der Waals surface area (Å²) in [6.45, 7) is 3.19. The number of hydrogen-bond acceptors (Lipinski definition) is 3. The Morgan fingerprint density at radius 1 is 1.31 bits per heavy atom. The minimum absolute atomic E-state index is 0.0180. The van der Waals surface area contributed by atoms with Crippen molar-refractivity contribution >= 4 is 27.7 Å². The summed E-state index contributed by atoms with van der Waals surface area (Å²) in [6, 6.07) is 9.65. The maximum absolute atomic E-state index is 12.8. The van der Waals surface area contributed by atoms with Crippen LogP contribution in [-0.4, -0.2) is 29.8 Å². The Bertz CT molecular complexity index is 743. The second-order valence-electron chi connectivity index (χ2n) is 6.62. The molecule has 138 valence electrons. The number of piperidine rings is 1. The summed E-state index contributed by atoms with van der Waals surface area (Å²) in [5, 5.41) is 3.16. The second-order valence-corrected chi connectivity index (χ2v) is 7.54. The predicted molar refractivity (Wildman–Crippen MR) is 103 cm³/mol. The van der Waals surface area contributed by atoms with Gasteiger partial charge in [-0.2, -0.15) is 0 Å². The smallest absolute Gasteiger partial charge is 0.257 e. The van der Waals surface area contributed by atoms with Crippen molar-refractivity contribution < 1.29 is 14.0 Å². The van der Waals surface area contributed by atoms with Crippen LogP contribution in [0.1, 0.15) is 48.1 Å². The minimum Gasteiger partial charge on any atom is -0.472 e. The maximum atomic E-state index is 12.8. The SMILES string of the molecule is CCC(NC(=O)C1CCCN(C(=O)c2ccoc2)C1)c1ccc(Br)cc1. The number of rotatable bonds is 5. The van der Waals surface area contributed by atoms with Crippen LogP contribution in [-0.2, 0) is 4.79 Å². The van der Waals surface area contributed by atoms with Crippen LogP contribution >= 0.6 is 15.9 Å². The van der Waals surface area contributed by atoms with E-state index >= 15 is 0 Å². The van der Waals surface area contributed by atoms with Gasteiger partial charge in [-0.3, -0.25) is 9.59 Å². The maximum Gasteiger partial charge on any atom is 0.257 e. The Morgan fingerprint density at radius 3 is 2.73 bits per heavy atom. The molecule has 1 aromatic heterocycles. The summed E-state index contributed by atoms with van der Waals surface area (Å²) in [5.74, 6) is -0.232. The van der Waals surface area contributed by atoms with Crippen molar-refractivity contribution in [1.82, 2.24) is 10.2 Å². The molecular weight excluding hydrogens is 396 g/mol. The summed E-state index contributed by atoms with van der Waals surface area (Å²) in [7, 11) is 0. The Balaban J connectivity index is 1.63. The number of carbonyl (C=O) groups is 2. The molecule has 1 saturated heterocycles. The molecule has 2 heterocycles. The van der Waals surface area contributed by atoms with Gasteiger partial charge in [-0.1, -0.05) is 35.0 Å². The molecule has 0 saturated carbocycles. The first kappa shape index (κ1) is 18.7. The molecule has 2 unspecified atom stereocenters. The van der Waals surface area contributed by atoms with Gasteiger partial charge >= 0.3 is 0 Å². The van der Waals surface area contributed by atoms with Gasteiger partial charge in [-0.15, -0.1) is 0 Å². The van der Waals surface area contributed by atoms with Gasteiger partial charge in [0.2, 0.25) is 5.91 Å². The largest absolute Gasteiger partial charge is 0.472 e. The highest BCUT2D eigenvalue weighted by Gasteiger charge is 2.30. The molecule has 2 amide bonds. The lowest BCUT2D eigenvalue weighted by Crippen LogP contribution is -2.46. The number of amides is 2. The number of halogens is 1. The molecule has 1 N–H and O–H groups in total. The van der Waals surface area contributed by atoms with Gasteiger partial charge in [0, 0.05) is 17.6 Å². The van der Waals surface area contributed by atoms with E-state index in [9.17, 15) is 9.59 Å². The van der Waals surface area contributed by atoms with Crippen molar-refractivity contribution in [3.8, 4) is 0 Å². The topological polar surface area (TPSA) is 62.6 Å². The molecule has 1 aliphatic rings. The molecule has 0 spiro atoms. The third-order valence-electron chi connectivity index (χ3n) is 4.84. The normalized spacial score (nSPS) is 18.4. The molecule has 2 aromatic rings. The average molecular weight is 419 g/mol. The van der Waals surface area contributed by atoms with Crippen molar-refractivity contribution in [3.63, 3.8) is 0 Å². The van der Waals surface area contributed by atoms with E-state index in [1.165, 1.54) is 12.5 Å². The number of hydrogen-bond donors (Lipinski definition) is 1. The van der Waals surface area contributed by atoms with Gasteiger partial charge in [-0.25, -0.2) is 0 Å². The first-order valence-corrected chi connectivity index (χ1v) is 9.75. The molecule has 3 rings (SSSR count). The van der Waals surface area contributed by atoms with E-state index in [0.717, 1.165) is 29.3 Å². The summed E-state index contributed by atoms with van der Waals surface area (Å²) < 4.78 is 6.01. The van der Waals surface area contributed by atoms with Crippen LogP contribution in [0.15, 0.2) is 51.7 Å². The molecule has 2 atom stereocenters. The molecule has 1 aromatic carbocycles. The van der Waals surface area contributed by atoms with E-state index in [2.05, 4.69) is 28.2 Å². The highest BCUT2D eigenvalue weighted by atomic mass is 79.9. The van der Waals surface area contributed by atoms with Crippen molar-refractivity contribution in [1.29, 1.82) is 0 Å². The zero-order valence-electron chi connectivity index (χ0n) is 14.8. The van der Waals surface area contributed by atoms with Gasteiger partial charge < -0.3 is 14.6 Å². The van der Waals surface area contributed by atoms with Crippen LogP contribution in [0.5, 0.6) is 0 Å². The molecule has 6 heteroatoms. The fourth-order valence-corrected chi connectivity index (χ4v) is 3.61. The number of nitrogens with one attached hydrogen (secondary N) is 1. The van der Waals surface area contributed by atoms with Crippen LogP contribution in [0.2, 0.25) is 0 Å². The molecule has 5 nitrogen and oxygen atoms in total. The van der Waals surface area contributed by atoms with Crippen molar-refractivity contribution in [2.75, 3.05) is 13.1 Å². The quantitative estimate of drug-likeness (QED) is 0.792. The van der Waals surface area contributed by atoms with E-state index < -0.39 is 0 Å². The number of furan rings is 1. The van der Waals surface area contributed by atoms with E-state index in [0.29, 0.717) is 18.7 Å². The standard InChI is InChI=1S/C20H23BrN2O3/c1-2-18(14-5-7-17(21)8-6-14)22-19(24)15-4-3-10-23(12-15)20(25)16-9-11-26-13-16/h5-9,11,13,15,18H,2-4,10,12H2,1H3,(H,22,24). The number of likely N-dealkylation sites (tertiary alicyclic amines) is 1. The van der Waals surface area contributed by atoms with Crippen LogP contribution in [0, 0.1) is 5.92 Å². The Morgan fingerprint density at radius 2 is 2.08 bits per heavy atom. The summed E-state index contributed by atoms with van der Waals surface area (Å²) in [5.41, 5.74) is 1.62. The van der Waals surface area contributed by atoms with Crippen LogP contribution in [0.4, 0.5) is 0 Å². The second kappa shape index (κ2) is 8.54. The van der Waals surface area contributed by atoms with E-state index in [-0.39, 0.29) is 23.8 Å². The average Bonchev–Trinajstić information content (AvgIpc) is 3.21. The predicted octanol–water partition coefficient (Wildman–Crippen LogP) is 4.16. The lowest BCUT2D eigenvalue weighted by Gasteiger charge is -2.32. The fourth-order valence-electron chi connectivity index (χ4n) is 3.35. The van der Waals surface area contributed by atoms with Crippen molar-refractivity contribution in [2.45, 2.75) is 32.2 Å². The summed E-state index contributed by atoms with van der Waals surface area (Å²) >= 11 is 3.43. The lowest BCUT2D eigenvalue weighted by molar-refractivity contribution is -0.127. The van der Waals surface area contributed by atoms with E-state index in [1.807, 2.05) is 24.3 Å². The fraction of sp³-hybridized carbons (Fsp3) is 0.400. The molecule has 0 bridgehead atoms. The van der Waals surface area contributed by atoms with Crippen LogP contribution in [0.25, 0.3) is 0 Å². The third-order valence-corrected chi connectivity index (χ3v) is 5.37. The van der Waals surface area contributed by atoms with Crippen LogP contribution < -0.4 is 5.32 Å². The van der Waals surface area contributed by atoms with Gasteiger partial charge in [0.05, 0.1) is 23.8 Å². The van der Waals surface area contributed by atoms with Crippen molar-refractivity contribution in [3.05, 3.63) is 58.5 Å². The van der Waals surface area contributed by atoms with Gasteiger partial charge in [0.1, 0.15) is 6.26 Å². The Labute approximate surface area is 161 Å². The highest BCUT2D eigenvalue weighted by Crippen LogP contribution is 2.23. The minimum atomic E-state index is -0.177. The van der Waals surface area contributed by atoms with Gasteiger partial charge in [0.15, 0.2) is 0 Å². The summed E-state index contributed by atoms with van der Waals surface area (Å²) in [4.78, 5) is 27.0. The van der Waals surface area contributed by atoms with E-state index in [4.69, 9.17) is 4.42 Å². The molecule has 0 radical (unpaired) electrons. The third kappa shape index (κ3) is 4.36. The summed E-state index contributed by atoms with van der Waals surface area (Å²) in [6.07, 6.45) is 5.39. The monoisotopic (exact) mass is 418 g/mol. The number of nitrogens with zero attached hydrogens (tertiary/aromatic N) is 1. The van der Waals surface area contributed by atoms with Gasteiger partial charge in [-0.05, 0) is 43.0 Å². The Hall–Kier alpha value is -2.08. The van der Waals surface area contributed by atoms with Crippen LogP contribution in [0.3, 0.4) is 0 Å². The molecule has 26 heavy (non-hydrogen) atoms. The first-order valence-electron chi connectivity index (χ1n) is 8.95. The Kier molecular flexibility index (Phi) is 6.14. The zero-order chi connectivity index (χ0) is 18.5. The van der Waals surface area contributed by atoms with Crippen molar-refractivity contribution in [2.24, 2.45) is 5.92 Å². The van der Waals surface area contributed by atoms with E-state index in [1.54, 1.807) is 11.0 Å². The highest BCUT2D eigenvalue weighted by molar-refractivity contribution is 9.10. The number of carbonyl (C=O) groups excluding carboxylic acids is 2. The molecular formula is C20H23BrN2O3. The zero-order valence-corrected chi connectivity index (χ0v) is 16.4. The lowest BCUT2D eigenvalue weighted by atomic mass is 9.95. The molecule has 1 fully saturated rings. The first-order chi connectivity index (χ1) is 12.6. The van der Waals surface area contributed by atoms with Gasteiger partial charge in [0.25, 0.3) is 5.91 Å². The molecule has 1 aliphatic heterocycles.